The van der Waals surface area contributed by atoms with Crippen LogP contribution in [0.3, 0.4) is 0 Å². The highest BCUT2D eigenvalue weighted by Gasteiger charge is 2.34. The van der Waals surface area contributed by atoms with Gasteiger partial charge in [0.1, 0.15) is 5.82 Å². The molecule has 0 aliphatic carbocycles. The standard InChI is InChI=1S/C22H24ClFN4O2S2.CH2O2/c1-15-3-5-19(24)16(9-15)11-28-8-7-22(2,13-28)26-20-6-4-17(10-18(20)23)32(29,30)27-21-12-31-14-25-21;2-1-3/h3-6,9-10,12,14,26-27H,7-8,11,13H2,1-2H3;1H,(H,2,3)/t22-;/m0./s1. The number of anilines is 2. The summed E-state index contributed by atoms with van der Waals surface area (Å²) in [6.07, 6.45) is 0.849. The van der Waals surface area contributed by atoms with E-state index in [2.05, 4.69) is 26.8 Å². The Kier molecular flexibility index (Phi) is 8.70. The number of halogens is 2. The third-order valence-corrected chi connectivity index (χ3v) is 7.76. The normalized spacial score (nSPS) is 17.9. The van der Waals surface area contributed by atoms with Crippen LogP contribution in [-0.4, -0.2) is 48.5 Å². The molecule has 0 bridgehead atoms. The maximum Gasteiger partial charge on any atom is 0.290 e. The number of nitrogens with one attached hydrogen (secondary N) is 2. The van der Waals surface area contributed by atoms with Gasteiger partial charge in [-0.3, -0.25) is 14.4 Å². The summed E-state index contributed by atoms with van der Waals surface area (Å²) in [4.78, 5) is 14.6. The molecule has 0 amide bonds. The SMILES string of the molecule is Cc1ccc(F)c(CN2CC[C@](C)(Nc3ccc(S(=O)(=O)Nc4cscn4)cc3Cl)C2)c1.O=CO. The summed E-state index contributed by atoms with van der Waals surface area (Å²) in [5.41, 5.74) is 3.66. The van der Waals surface area contributed by atoms with Gasteiger partial charge in [-0.15, -0.1) is 11.3 Å². The van der Waals surface area contributed by atoms with E-state index in [1.54, 1.807) is 23.0 Å². The molecule has 2 heterocycles. The number of nitrogens with zero attached hydrogens (tertiary/aromatic N) is 2. The van der Waals surface area contributed by atoms with Crippen molar-refractivity contribution >= 4 is 50.9 Å². The van der Waals surface area contributed by atoms with E-state index in [1.165, 1.54) is 29.5 Å². The van der Waals surface area contributed by atoms with Gasteiger partial charge < -0.3 is 10.4 Å². The maximum atomic E-state index is 14.2. The van der Waals surface area contributed by atoms with Gasteiger partial charge in [0.15, 0.2) is 5.82 Å². The molecule has 1 aliphatic rings. The molecule has 0 radical (unpaired) electrons. The molecule has 188 valence electrons. The fourth-order valence-corrected chi connectivity index (χ4v) is 5.78. The zero-order valence-corrected chi connectivity index (χ0v) is 21.6. The molecule has 1 saturated heterocycles. The van der Waals surface area contributed by atoms with Crippen molar-refractivity contribution in [3.05, 3.63) is 69.3 Å². The average Bonchev–Trinajstić information content (AvgIpc) is 3.42. The van der Waals surface area contributed by atoms with E-state index in [9.17, 15) is 12.8 Å². The van der Waals surface area contributed by atoms with Gasteiger partial charge in [0.05, 0.1) is 21.1 Å². The molecule has 4 rings (SSSR count). The number of benzene rings is 2. The van der Waals surface area contributed by atoms with Crippen LogP contribution in [0.1, 0.15) is 24.5 Å². The van der Waals surface area contributed by atoms with E-state index >= 15 is 0 Å². The second-order valence-electron chi connectivity index (χ2n) is 8.47. The van der Waals surface area contributed by atoms with Gasteiger partial charge in [-0.25, -0.2) is 17.8 Å². The van der Waals surface area contributed by atoms with Crippen LogP contribution in [-0.2, 0) is 21.4 Å². The number of sulfonamides is 1. The number of thiazole rings is 1. The highest BCUT2D eigenvalue weighted by Crippen LogP contribution is 2.32. The molecule has 8 nitrogen and oxygen atoms in total. The lowest BCUT2D eigenvalue weighted by atomic mass is 10.0. The van der Waals surface area contributed by atoms with E-state index < -0.39 is 10.0 Å². The third-order valence-electron chi connectivity index (χ3n) is 5.51. The minimum atomic E-state index is -3.78. The number of aryl methyl sites for hydroxylation is 1. The van der Waals surface area contributed by atoms with Crippen LogP contribution >= 0.6 is 22.9 Å². The average molecular weight is 541 g/mol. The number of aromatic nitrogens is 1. The molecule has 1 atom stereocenters. The highest BCUT2D eigenvalue weighted by molar-refractivity contribution is 7.92. The van der Waals surface area contributed by atoms with Crippen molar-refractivity contribution in [2.24, 2.45) is 0 Å². The smallest absolute Gasteiger partial charge is 0.290 e. The van der Waals surface area contributed by atoms with Crippen LogP contribution in [0.2, 0.25) is 5.02 Å². The molecule has 0 spiro atoms. The predicted octanol–water partition coefficient (Wildman–Crippen LogP) is 4.82. The monoisotopic (exact) mass is 540 g/mol. The van der Waals surface area contributed by atoms with Gasteiger partial charge in [0, 0.05) is 36.1 Å². The first-order valence-corrected chi connectivity index (χ1v) is 13.4. The maximum absolute atomic E-state index is 14.2. The fourth-order valence-electron chi connectivity index (χ4n) is 3.91. The quantitative estimate of drug-likeness (QED) is 0.368. The van der Waals surface area contributed by atoms with Crippen LogP contribution in [0.25, 0.3) is 0 Å². The first-order valence-electron chi connectivity index (χ1n) is 10.6. The van der Waals surface area contributed by atoms with Gasteiger partial charge in [-0.2, -0.15) is 0 Å². The number of rotatable bonds is 7. The summed E-state index contributed by atoms with van der Waals surface area (Å²) < 4.78 is 41.7. The van der Waals surface area contributed by atoms with Crippen LogP contribution in [0.5, 0.6) is 0 Å². The molecule has 0 saturated carbocycles. The summed E-state index contributed by atoms with van der Waals surface area (Å²) in [5.74, 6) is 0.0835. The van der Waals surface area contributed by atoms with Crippen molar-refractivity contribution < 1.29 is 22.7 Å². The summed E-state index contributed by atoms with van der Waals surface area (Å²) in [7, 11) is -3.78. The molecule has 12 heteroatoms. The largest absolute Gasteiger partial charge is 0.483 e. The van der Waals surface area contributed by atoms with Gasteiger partial charge in [0.2, 0.25) is 0 Å². The lowest BCUT2D eigenvalue weighted by Gasteiger charge is -2.28. The van der Waals surface area contributed by atoms with E-state index in [4.69, 9.17) is 21.5 Å². The first-order chi connectivity index (χ1) is 16.5. The van der Waals surface area contributed by atoms with Gasteiger partial charge >= 0.3 is 0 Å². The van der Waals surface area contributed by atoms with Gasteiger partial charge in [0.25, 0.3) is 16.5 Å². The van der Waals surface area contributed by atoms with Crippen LogP contribution in [0.15, 0.2) is 52.2 Å². The first kappa shape index (κ1) is 26.9. The molecule has 0 unspecified atom stereocenters. The Morgan fingerprint density at radius 2 is 2.06 bits per heavy atom. The Morgan fingerprint density at radius 1 is 1.31 bits per heavy atom. The highest BCUT2D eigenvalue weighted by atomic mass is 35.5. The molecule has 3 aromatic rings. The molecule has 2 aromatic carbocycles. The Morgan fingerprint density at radius 3 is 2.71 bits per heavy atom. The summed E-state index contributed by atoms with van der Waals surface area (Å²) in [6.45, 7) is 5.86. The topological polar surface area (TPSA) is 112 Å². The third kappa shape index (κ3) is 7.14. The summed E-state index contributed by atoms with van der Waals surface area (Å²) in [6, 6.07) is 9.78. The van der Waals surface area contributed by atoms with Crippen LogP contribution in [0.4, 0.5) is 15.9 Å². The summed E-state index contributed by atoms with van der Waals surface area (Å²) in [5, 5.41) is 12.3. The second-order valence-corrected chi connectivity index (χ2v) is 11.3. The Balaban J connectivity index is 0.00000108. The molecule has 1 fully saturated rings. The van der Waals surface area contributed by atoms with Gasteiger partial charge in [-0.1, -0.05) is 29.3 Å². The lowest BCUT2D eigenvalue weighted by Crippen LogP contribution is -2.38. The van der Waals surface area contributed by atoms with E-state index in [-0.39, 0.29) is 28.5 Å². The zero-order valence-electron chi connectivity index (χ0n) is 19.2. The van der Waals surface area contributed by atoms with E-state index in [0.29, 0.717) is 29.4 Å². The van der Waals surface area contributed by atoms with Crippen LogP contribution < -0.4 is 10.0 Å². The molecular formula is C23H26ClFN4O4S2. The lowest BCUT2D eigenvalue weighted by molar-refractivity contribution is -0.122. The Labute approximate surface area is 212 Å². The number of hydrogen-bond acceptors (Lipinski definition) is 7. The molecule has 1 aliphatic heterocycles. The minimum Gasteiger partial charge on any atom is -0.483 e. The fraction of sp³-hybridized carbons (Fsp3) is 0.304. The van der Waals surface area contributed by atoms with E-state index in [1.807, 2.05) is 13.0 Å². The Hall–Kier alpha value is -2.73. The van der Waals surface area contributed by atoms with Crippen molar-refractivity contribution in [3.63, 3.8) is 0 Å². The number of carbonyl (C=O) groups is 1. The molecule has 1 aromatic heterocycles. The second kappa shape index (κ2) is 11.3. The van der Waals surface area contributed by atoms with Crippen molar-refractivity contribution in [2.75, 3.05) is 23.1 Å². The van der Waals surface area contributed by atoms with Gasteiger partial charge in [-0.05, 0) is 44.5 Å². The number of likely N-dealkylation sites (tertiary alicyclic amines) is 1. The van der Waals surface area contributed by atoms with Crippen molar-refractivity contribution in [1.82, 2.24) is 9.88 Å². The zero-order chi connectivity index (χ0) is 25.6. The molecular weight excluding hydrogens is 515 g/mol. The molecule has 35 heavy (non-hydrogen) atoms. The number of carboxylic acid groups (broad SMARTS) is 1. The molecule has 3 N–H and O–H groups in total. The predicted molar refractivity (Wildman–Crippen MR) is 136 cm³/mol. The van der Waals surface area contributed by atoms with Crippen molar-refractivity contribution in [2.45, 2.75) is 37.2 Å². The number of hydrogen-bond donors (Lipinski definition) is 3. The van der Waals surface area contributed by atoms with E-state index in [0.717, 1.165) is 18.5 Å². The summed E-state index contributed by atoms with van der Waals surface area (Å²) >= 11 is 7.73. The van der Waals surface area contributed by atoms with Crippen LogP contribution in [0, 0.1) is 12.7 Å². The van der Waals surface area contributed by atoms with Crippen molar-refractivity contribution in [1.29, 1.82) is 0 Å². The Bertz CT molecular complexity index is 1270. The van der Waals surface area contributed by atoms with Crippen molar-refractivity contribution in [3.8, 4) is 0 Å². The minimum absolute atomic E-state index is 0.0641.